The van der Waals surface area contributed by atoms with Gasteiger partial charge < -0.3 is 9.80 Å². The normalized spacial score (nSPS) is 15.5. The fraction of sp³-hybridized carbons (Fsp3) is 0.300. The van der Waals surface area contributed by atoms with Gasteiger partial charge in [0.2, 0.25) is 5.91 Å². The third-order valence-electron chi connectivity index (χ3n) is 4.66. The number of benzene rings is 2. The molecule has 2 amide bonds. The molecule has 1 fully saturated rings. The second-order valence-corrected chi connectivity index (χ2v) is 6.49. The van der Waals surface area contributed by atoms with Crippen molar-refractivity contribution in [3.63, 3.8) is 0 Å². The minimum Gasteiger partial charge on any atom is -0.336 e. The van der Waals surface area contributed by atoms with E-state index < -0.39 is 29.0 Å². The van der Waals surface area contributed by atoms with Crippen molar-refractivity contribution in [2.75, 3.05) is 19.6 Å². The minimum absolute atomic E-state index is 0.0115. The molecule has 0 bridgehead atoms. The number of hydrogen-bond acceptors (Lipinski definition) is 2. The number of hydrogen-bond donors (Lipinski definition) is 0. The topological polar surface area (TPSA) is 40.6 Å². The fourth-order valence-corrected chi connectivity index (χ4v) is 3.16. The second kappa shape index (κ2) is 8.00. The largest absolute Gasteiger partial charge is 0.417 e. The van der Waals surface area contributed by atoms with Crippen molar-refractivity contribution in [2.45, 2.75) is 19.1 Å². The molecule has 0 atom stereocenters. The highest BCUT2D eigenvalue weighted by molar-refractivity contribution is 5.96. The van der Waals surface area contributed by atoms with Crippen LogP contribution < -0.4 is 0 Å². The van der Waals surface area contributed by atoms with Gasteiger partial charge in [-0.25, -0.2) is 4.39 Å². The zero-order chi connectivity index (χ0) is 20.3. The summed E-state index contributed by atoms with van der Waals surface area (Å²) in [5.41, 5.74) is -1.10. The summed E-state index contributed by atoms with van der Waals surface area (Å²) in [6.45, 7) is 0.253. The molecule has 0 aliphatic carbocycles. The molecule has 0 saturated carbocycles. The van der Waals surface area contributed by atoms with Crippen LogP contribution in [0.2, 0.25) is 0 Å². The Bertz CT molecular complexity index is 883. The molecule has 3 rings (SSSR count). The molecule has 0 spiro atoms. The van der Waals surface area contributed by atoms with Gasteiger partial charge in [0.25, 0.3) is 5.91 Å². The maximum Gasteiger partial charge on any atom is 0.417 e. The van der Waals surface area contributed by atoms with Crippen LogP contribution in [0.4, 0.5) is 17.6 Å². The van der Waals surface area contributed by atoms with Gasteiger partial charge in [-0.1, -0.05) is 30.3 Å². The second-order valence-electron chi connectivity index (χ2n) is 6.49. The zero-order valence-corrected chi connectivity index (χ0v) is 14.9. The molecule has 4 nitrogen and oxygen atoms in total. The van der Waals surface area contributed by atoms with Crippen LogP contribution in [0, 0.1) is 5.82 Å². The van der Waals surface area contributed by atoms with Crippen LogP contribution in [-0.2, 0) is 17.5 Å². The van der Waals surface area contributed by atoms with Gasteiger partial charge >= 0.3 is 6.18 Å². The Kier molecular flexibility index (Phi) is 5.67. The van der Waals surface area contributed by atoms with Gasteiger partial charge in [0.05, 0.1) is 11.1 Å². The van der Waals surface area contributed by atoms with E-state index in [9.17, 15) is 27.2 Å². The Hall–Kier alpha value is -2.90. The van der Waals surface area contributed by atoms with Crippen molar-refractivity contribution in [1.82, 2.24) is 9.80 Å². The van der Waals surface area contributed by atoms with E-state index >= 15 is 0 Å². The van der Waals surface area contributed by atoms with E-state index in [1.165, 1.54) is 28.0 Å². The first kappa shape index (κ1) is 19.9. The highest BCUT2D eigenvalue weighted by Crippen LogP contribution is 2.32. The average Bonchev–Trinajstić information content (AvgIpc) is 2.84. The number of carbonyl (C=O) groups is 2. The van der Waals surface area contributed by atoms with E-state index in [1.807, 2.05) is 0 Å². The van der Waals surface area contributed by atoms with Gasteiger partial charge in [-0.3, -0.25) is 9.59 Å². The minimum atomic E-state index is -4.65. The predicted molar refractivity (Wildman–Crippen MR) is 93.8 cm³/mol. The summed E-state index contributed by atoms with van der Waals surface area (Å²) < 4.78 is 53.4. The lowest BCUT2D eigenvalue weighted by molar-refractivity contribution is -0.138. The van der Waals surface area contributed by atoms with E-state index in [-0.39, 0.29) is 38.5 Å². The maximum absolute atomic E-state index is 13.8. The molecule has 148 valence electrons. The molecule has 1 heterocycles. The third-order valence-corrected chi connectivity index (χ3v) is 4.66. The lowest BCUT2D eigenvalue weighted by Gasteiger charge is -2.23. The molecule has 0 aromatic heterocycles. The summed E-state index contributed by atoms with van der Waals surface area (Å²) in [7, 11) is 0. The summed E-state index contributed by atoms with van der Waals surface area (Å²) in [6, 6.07) is 10.6. The molecule has 1 saturated heterocycles. The Balaban J connectivity index is 1.76. The van der Waals surface area contributed by atoms with Gasteiger partial charge in [0.15, 0.2) is 0 Å². The van der Waals surface area contributed by atoms with E-state index in [4.69, 9.17) is 0 Å². The number of alkyl halides is 3. The van der Waals surface area contributed by atoms with E-state index in [1.54, 1.807) is 18.2 Å². The van der Waals surface area contributed by atoms with E-state index in [2.05, 4.69) is 0 Å². The molecular weight excluding hydrogens is 376 g/mol. The van der Waals surface area contributed by atoms with Gasteiger partial charge in [0.1, 0.15) is 5.82 Å². The molecule has 0 N–H and O–H groups in total. The fourth-order valence-electron chi connectivity index (χ4n) is 3.16. The third kappa shape index (κ3) is 4.32. The van der Waals surface area contributed by atoms with Crippen LogP contribution in [0.3, 0.4) is 0 Å². The monoisotopic (exact) mass is 394 g/mol. The summed E-state index contributed by atoms with van der Waals surface area (Å²) >= 11 is 0. The molecule has 0 radical (unpaired) electrons. The van der Waals surface area contributed by atoms with Gasteiger partial charge in [-0.2, -0.15) is 13.2 Å². The number of nitrogens with zero attached hydrogens (tertiary/aromatic N) is 2. The van der Waals surface area contributed by atoms with Crippen LogP contribution in [0.5, 0.6) is 0 Å². The molecule has 28 heavy (non-hydrogen) atoms. The van der Waals surface area contributed by atoms with Crippen molar-refractivity contribution in [1.29, 1.82) is 0 Å². The van der Waals surface area contributed by atoms with E-state index in [0.717, 1.165) is 12.1 Å². The number of carbonyl (C=O) groups excluding carboxylic acids is 2. The lowest BCUT2D eigenvalue weighted by Crippen LogP contribution is -2.36. The number of rotatable bonds is 3. The standard InChI is InChI=1S/C20H18F4N2O2/c21-17-8-4-1-5-14(17)13-26-12-11-25(10-9-18(26)27)19(28)15-6-2-3-7-16(15)20(22,23)24/h1-8H,9-13H2. The van der Waals surface area contributed by atoms with Crippen molar-refractivity contribution in [3.05, 3.63) is 71.0 Å². The Morgan fingerprint density at radius 2 is 1.64 bits per heavy atom. The Morgan fingerprint density at radius 1 is 0.964 bits per heavy atom. The summed E-state index contributed by atoms with van der Waals surface area (Å²) in [5, 5.41) is 0. The van der Waals surface area contributed by atoms with Crippen LogP contribution in [-0.4, -0.2) is 41.2 Å². The quantitative estimate of drug-likeness (QED) is 0.745. The molecule has 1 aliphatic rings. The van der Waals surface area contributed by atoms with Gasteiger partial charge in [-0.05, 0) is 18.2 Å². The number of amides is 2. The SMILES string of the molecule is O=C1CCN(C(=O)c2ccccc2C(F)(F)F)CCN1Cc1ccccc1F. The molecule has 0 unspecified atom stereocenters. The molecular formula is C20H18F4N2O2. The first-order chi connectivity index (χ1) is 13.3. The maximum atomic E-state index is 13.8. The van der Waals surface area contributed by atoms with E-state index in [0.29, 0.717) is 5.56 Å². The Morgan fingerprint density at radius 3 is 2.36 bits per heavy atom. The summed E-state index contributed by atoms with van der Waals surface area (Å²) in [5.74, 6) is -1.48. The van der Waals surface area contributed by atoms with Gasteiger partial charge in [-0.15, -0.1) is 0 Å². The molecule has 2 aromatic carbocycles. The van der Waals surface area contributed by atoms with Crippen molar-refractivity contribution >= 4 is 11.8 Å². The predicted octanol–water partition coefficient (Wildman–Crippen LogP) is 3.72. The van der Waals surface area contributed by atoms with Crippen LogP contribution in [0.1, 0.15) is 27.9 Å². The van der Waals surface area contributed by atoms with Gasteiger partial charge in [0, 0.05) is 38.2 Å². The summed E-state index contributed by atoms with van der Waals surface area (Å²) in [4.78, 5) is 27.7. The summed E-state index contributed by atoms with van der Waals surface area (Å²) in [6.07, 6.45) is -4.68. The first-order valence-corrected chi connectivity index (χ1v) is 8.74. The highest BCUT2D eigenvalue weighted by atomic mass is 19.4. The molecule has 2 aromatic rings. The average molecular weight is 394 g/mol. The Labute approximate surface area is 159 Å². The zero-order valence-electron chi connectivity index (χ0n) is 14.9. The van der Waals surface area contributed by atoms with Crippen LogP contribution >= 0.6 is 0 Å². The smallest absolute Gasteiger partial charge is 0.336 e. The van der Waals surface area contributed by atoms with Crippen molar-refractivity contribution < 1.29 is 27.2 Å². The highest BCUT2D eigenvalue weighted by Gasteiger charge is 2.36. The van der Waals surface area contributed by atoms with Crippen molar-refractivity contribution in [3.8, 4) is 0 Å². The molecule has 8 heteroatoms. The van der Waals surface area contributed by atoms with Crippen molar-refractivity contribution in [2.24, 2.45) is 0 Å². The number of halogens is 4. The van der Waals surface area contributed by atoms with Crippen LogP contribution in [0.25, 0.3) is 0 Å². The molecule has 1 aliphatic heterocycles. The lowest BCUT2D eigenvalue weighted by atomic mass is 10.1. The van der Waals surface area contributed by atoms with Crippen LogP contribution in [0.15, 0.2) is 48.5 Å². The first-order valence-electron chi connectivity index (χ1n) is 8.74.